The predicted molar refractivity (Wildman–Crippen MR) is 32.3 cm³/mol. The molecule has 0 bridgehead atoms. The molecule has 1 radical (unpaired) electrons. The van der Waals surface area contributed by atoms with Crippen molar-refractivity contribution in [3.05, 3.63) is 0 Å². The van der Waals surface area contributed by atoms with Crippen LogP contribution in [0, 0.1) is 0 Å². The molecule has 0 amide bonds. The van der Waals surface area contributed by atoms with Crippen molar-refractivity contribution in [3.8, 4) is 0 Å². The fourth-order valence-corrected chi connectivity index (χ4v) is 0.531. The lowest BCUT2D eigenvalue weighted by Gasteiger charge is -1.94. The summed E-state index contributed by atoms with van der Waals surface area (Å²) in [5.74, 6) is 0.689. The number of hydrogen-bond acceptors (Lipinski definition) is 0. The smallest absolute Gasteiger partial charge is 0.0973 e. The monoisotopic (exact) mass is 121 g/mol. The van der Waals surface area contributed by atoms with E-state index in [0.29, 0.717) is 12.2 Å². The zero-order valence-electron chi connectivity index (χ0n) is 4.48. The maximum absolute atomic E-state index is 11.8. The molecule has 0 aromatic rings. The van der Waals surface area contributed by atoms with Crippen molar-refractivity contribution >= 4 is 12.6 Å². The van der Waals surface area contributed by atoms with Crippen molar-refractivity contribution in [1.82, 2.24) is 0 Å². The highest BCUT2D eigenvalue weighted by Gasteiger charge is 1.93. The van der Waals surface area contributed by atoms with E-state index in [1.807, 2.05) is 0 Å². The van der Waals surface area contributed by atoms with Crippen molar-refractivity contribution in [2.45, 2.75) is 25.9 Å². The van der Waals surface area contributed by atoms with Crippen LogP contribution >= 0.6 is 12.6 Å². The maximum atomic E-state index is 11.8. The molecular formula is C5H10FS. The van der Waals surface area contributed by atoms with E-state index in [1.165, 1.54) is 0 Å². The Morgan fingerprint density at radius 1 is 1.71 bits per heavy atom. The van der Waals surface area contributed by atoms with Gasteiger partial charge in [-0.2, -0.15) is 0 Å². The van der Waals surface area contributed by atoms with Gasteiger partial charge in [-0.15, -0.1) is 0 Å². The lowest BCUT2D eigenvalue weighted by molar-refractivity contribution is 0.339. The Hall–Kier alpha value is 0.280. The Kier molecular flexibility index (Phi) is 4.62. The van der Waals surface area contributed by atoms with Gasteiger partial charge in [0.1, 0.15) is 0 Å². The topological polar surface area (TPSA) is 0 Å². The Labute approximate surface area is 49.5 Å². The number of halogens is 1. The zero-order chi connectivity index (χ0) is 5.70. The average Bonchev–Trinajstić information content (AvgIpc) is 1.61. The van der Waals surface area contributed by atoms with Gasteiger partial charge in [0.05, 0.1) is 6.17 Å². The quantitative estimate of drug-likeness (QED) is 0.537. The van der Waals surface area contributed by atoms with E-state index in [9.17, 15) is 4.39 Å². The molecule has 7 heavy (non-hydrogen) atoms. The van der Waals surface area contributed by atoms with Crippen LogP contribution in [0.1, 0.15) is 19.8 Å². The SMILES string of the molecule is CC(F)CCC[S]. The van der Waals surface area contributed by atoms with Gasteiger partial charge in [0.15, 0.2) is 0 Å². The van der Waals surface area contributed by atoms with E-state index in [1.54, 1.807) is 6.92 Å². The molecule has 0 aromatic carbocycles. The molecule has 1 unspecified atom stereocenters. The maximum Gasteiger partial charge on any atom is 0.0973 e. The molecule has 43 valence electrons. The highest BCUT2D eigenvalue weighted by Crippen LogP contribution is 1.99. The summed E-state index contributed by atoms with van der Waals surface area (Å²) in [6.45, 7) is 1.56. The van der Waals surface area contributed by atoms with Crippen molar-refractivity contribution in [3.63, 3.8) is 0 Å². The Balaban J connectivity index is 2.68. The lowest BCUT2D eigenvalue weighted by Crippen LogP contribution is -1.91. The highest BCUT2D eigenvalue weighted by molar-refractivity contribution is 7.80. The summed E-state index contributed by atoms with van der Waals surface area (Å²) in [6.07, 6.45) is 0.805. The predicted octanol–water partition coefficient (Wildman–Crippen LogP) is 2.32. The first-order valence-corrected chi connectivity index (χ1v) is 3.07. The number of hydrogen-bond donors (Lipinski definition) is 0. The second-order valence-corrected chi connectivity index (χ2v) is 2.04. The molecular weight excluding hydrogens is 111 g/mol. The molecule has 0 N–H and O–H groups in total. The van der Waals surface area contributed by atoms with Crippen LogP contribution in [0.2, 0.25) is 0 Å². The summed E-state index contributed by atoms with van der Waals surface area (Å²) in [6, 6.07) is 0. The van der Waals surface area contributed by atoms with Gasteiger partial charge in [-0.25, -0.2) is 4.39 Å². The minimum Gasteiger partial charge on any atom is -0.248 e. The zero-order valence-corrected chi connectivity index (χ0v) is 5.30. The Morgan fingerprint density at radius 3 is 2.43 bits per heavy atom. The summed E-state index contributed by atoms with van der Waals surface area (Å²) in [7, 11) is 0. The lowest BCUT2D eigenvalue weighted by atomic mass is 10.2. The Morgan fingerprint density at radius 2 is 2.29 bits per heavy atom. The molecule has 0 rings (SSSR count). The molecule has 0 saturated heterocycles. The molecule has 1 atom stereocenters. The van der Waals surface area contributed by atoms with Crippen LogP contribution < -0.4 is 0 Å². The highest BCUT2D eigenvalue weighted by atomic mass is 32.1. The van der Waals surface area contributed by atoms with Crippen LogP contribution in [0.15, 0.2) is 0 Å². The molecule has 0 saturated carbocycles. The Bertz CT molecular complexity index is 37.1. The summed E-state index contributed by atoms with van der Waals surface area (Å²) in [5.41, 5.74) is 0. The standard InChI is InChI=1S/C5H10FS/c1-5(6)3-2-4-7/h5H,2-4H2,1H3. The average molecular weight is 121 g/mol. The van der Waals surface area contributed by atoms with Gasteiger partial charge >= 0.3 is 0 Å². The first kappa shape index (κ1) is 7.28. The van der Waals surface area contributed by atoms with Crippen molar-refractivity contribution in [1.29, 1.82) is 0 Å². The minimum atomic E-state index is -0.664. The van der Waals surface area contributed by atoms with Crippen LogP contribution in [0.4, 0.5) is 4.39 Å². The minimum absolute atomic E-state index is 0.628. The first-order valence-electron chi connectivity index (χ1n) is 2.49. The van der Waals surface area contributed by atoms with Gasteiger partial charge in [-0.05, 0) is 19.8 Å². The van der Waals surface area contributed by atoms with E-state index in [0.717, 1.165) is 6.42 Å². The van der Waals surface area contributed by atoms with Gasteiger partial charge in [0, 0.05) is 5.75 Å². The molecule has 2 heteroatoms. The fraction of sp³-hybridized carbons (Fsp3) is 1.00. The van der Waals surface area contributed by atoms with Crippen LogP contribution in [0.25, 0.3) is 0 Å². The number of rotatable bonds is 3. The molecule has 0 aromatic heterocycles. The second kappa shape index (κ2) is 4.44. The van der Waals surface area contributed by atoms with Crippen LogP contribution in [0.5, 0.6) is 0 Å². The van der Waals surface area contributed by atoms with Gasteiger partial charge in [0.25, 0.3) is 0 Å². The van der Waals surface area contributed by atoms with Crippen LogP contribution in [0.3, 0.4) is 0 Å². The summed E-state index contributed by atoms with van der Waals surface area (Å²) in [4.78, 5) is 0. The largest absolute Gasteiger partial charge is 0.248 e. The molecule has 0 heterocycles. The fourth-order valence-electron chi connectivity index (χ4n) is 0.365. The van der Waals surface area contributed by atoms with Crippen molar-refractivity contribution < 1.29 is 4.39 Å². The van der Waals surface area contributed by atoms with Gasteiger partial charge in [-0.1, -0.05) is 12.6 Å². The van der Waals surface area contributed by atoms with Crippen molar-refractivity contribution in [2.75, 3.05) is 5.75 Å². The van der Waals surface area contributed by atoms with E-state index in [2.05, 4.69) is 12.6 Å². The third kappa shape index (κ3) is 6.28. The third-order valence-corrected chi connectivity index (χ3v) is 1.03. The third-order valence-electron chi connectivity index (χ3n) is 0.746. The van der Waals surface area contributed by atoms with Crippen molar-refractivity contribution in [2.24, 2.45) is 0 Å². The molecule has 0 nitrogen and oxygen atoms in total. The van der Waals surface area contributed by atoms with E-state index in [4.69, 9.17) is 0 Å². The summed E-state index contributed by atoms with van der Waals surface area (Å²) in [5, 5.41) is 0. The molecule has 0 aliphatic heterocycles. The van der Waals surface area contributed by atoms with E-state index >= 15 is 0 Å². The van der Waals surface area contributed by atoms with Crippen LogP contribution in [-0.2, 0) is 0 Å². The molecule has 0 fully saturated rings. The normalized spacial score (nSPS) is 14.1. The summed E-state index contributed by atoms with van der Waals surface area (Å²) >= 11 is 4.60. The summed E-state index contributed by atoms with van der Waals surface area (Å²) < 4.78 is 11.8. The molecule has 0 aliphatic carbocycles. The van der Waals surface area contributed by atoms with Gasteiger partial charge in [-0.3, -0.25) is 0 Å². The second-order valence-electron chi connectivity index (χ2n) is 1.63. The molecule has 0 spiro atoms. The van der Waals surface area contributed by atoms with Gasteiger partial charge in [0.2, 0.25) is 0 Å². The van der Waals surface area contributed by atoms with Gasteiger partial charge < -0.3 is 0 Å². The van der Waals surface area contributed by atoms with Crippen LogP contribution in [-0.4, -0.2) is 11.9 Å². The van der Waals surface area contributed by atoms with E-state index < -0.39 is 6.17 Å². The number of alkyl halides is 1. The van der Waals surface area contributed by atoms with E-state index in [-0.39, 0.29) is 0 Å². The molecule has 0 aliphatic rings. The first-order chi connectivity index (χ1) is 3.27.